The van der Waals surface area contributed by atoms with Gasteiger partial charge in [0.1, 0.15) is 5.82 Å². The Bertz CT molecular complexity index is 1010. The highest BCUT2D eigenvalue weighted by Gasteiger charge is 2.23. The Morgan fingerprint density at radius 3 is 2.52 bits per heavy atom. The molecule has 5 nitrogen and oxygen atoms in total. The summed E-state index contributed by atoms with van der Waals surface area (Å²) in [6.45, 7) is 3.71. The molecule has 0 saturated carbocycles. The molecule has 0 bridgehead atoms. The Kier molecular flexibility index (Phi) is 6.12. The van der Waals surface area contributed by atoms with Gasteiger partial charge in [-0.25, -0.2) is 9.18 Å². The number of nitrogens with zero attached hydrogens (tertiary/aromatic N) is 2. The smallest absolute Gasteiger partial charge is 0.338 e. The van der Waals surface area contributed by atoms with Crippen molar-refractivity contribution in [3.05, 3.63) is 89.5 Å². The van der Waals surface area contributed by atoms with Gasteiger partial charge < -0.3 is 14.2 Å². The van der Waals surface area contributed by atoms with E-state index in [4.69, 9.17) is 4.74 Å². The maximum Gasteiger partial charge on any atom is 0.338 e. The zero-order chi connectivity index (χ0) is 21.0. The van der Waals surface area contributed by atoms with E-state index in [1.54, 1.807) is 31.3 Å². The summed E-state index contributed by atoms with van der Waals surface area (Å²) >= 11 is 0. The van der Waals surface area contributed by atoms with Crippen molar-refractivity contribution in [2.75, 3.05) is 7.05 Å². The van der Waals surface area contributed by atoms with Gasteiger partial charge in [-0.2, -0.15) is 0 Å². The fourth-order valence-corrected chi connectivity index (χ4v) is 3.09. The number of aromatic nitrogens is 1. The molecule has 1 amide bonds. The van der Waals surface area contributed by atoms with E-state index in [-0.39, 0.29) is 18.3 Å². The molecule has 0 N–H and O–H groups in total. The summed E-state index contributed by atoms with van der Waals surface area (Å²) in [5.41, 5.74) is 2.91. The van der Waals surface area contributed by atoms with Crippen molar-refractivity contribution < 1.29 is 18.7 Å². The molecular weight excluding hydrogens is 371 g/mol. The predicted molar refractivity (Wildman–Crippen MR) is 108 cm³/mol. The fourth-order valence-electron chi connectivity index (χ4n) is 3.09. The monoisotopic (exact) mass is 394 g/mol. The van der Waals surface area contributed by atoms with E-state index in [0.717, 1.165) is 11.3 Å². The van der Waals surface area contributed by atoms with E-state index in [0.29, 0.717) is 11.1 Å². The van der Waals surface area contributed by atoms with Crippen LogP contribution in [-0.4, -0.2) is 34.5 Å². The number of carbonyl (C=O) groups is 2. The van der Waals surface area contributed by atoms with Gasteiger partial charge in [0.25, 0.3) is 5.91 Å². The van der Waals surface area contributed by atoms with E-state index in [9.17, 15) is 14.0 Å². The molecule has 3 rings (SSSR count). The van der Waals surface area contributed by atoms with Crippen molar-refractivity contribution in [2.24, 2.45) is 0 Å². The van der Waals surface area contributed by atoms with Crippen LogP contribution in [-0.2, 0) is 16.1 Å². The lowest BCUT2D eigenvalue weighted by molar-refractivity contribution is -0.139. The normalized spacial score (nSPS) is 11.7. The summed E-state index contributed by atoms with van der Waals surface area (Å²) in [4.78, 5) is 26.5. The molecule has 0 aliphatic carbocycles. The van der Waals surface area contributed by atoms with Crippen LogP contribution in [0.2, 0.25) is 0 Å². The Labute approximate surface area is 169 Å². The molecule has 3 aromatic rings. The minimum Gasteiger partial charge on any atom is -0.449 e. The molecule has 150 valence electrons. The SMILES string of the molecule is Cc1ccc(C(=O)OC(C)C(=O)N(C)Cc2cccc(F)c2)cc1-n1cccc1. The second-order valence-electron chi connectivity index (χ2n) is 6.96. The molecule has 0 aliphatic rings. The number of hydrogen-bond donors (Lipinski definition) is 0. The van der Waals surface area contributed by atoms with Crippen molar-refractivity contribution in [1.29, 1.82) is 0 Å². The molecule has 0 radical (unpaired) electrons. The van der Waals surface area contributed by atoms with Crippen LogP contribution in [0.3, 0.4) is 0 Å². The Morgan fingerprint density at radius 1 is 1.10 bits per heavy atom. The quantitative estimate of drug-likeness (QED) is 0.591. The van der Waals surface area contributed by atoms with Gasteiger partial charge in [0, 0.05) is 31.7 Å². The van der Waals surface area contributed by atoms with Gasteiger partial charge in [-0.15, -0.1) is 0 Å². The molecule has 1 atom stereocenters. The van der Waals surface area contributed by atoms with Crippen LogP contribution in [0.4, 0.5) is 4.39 Å². The van der Waals surface area contributed by atoms with E-state index < -0.39 is 12.1 Å². The molecular formula is C23H23FN2O3. The molecule has 1 aromatic heterocycles. The number of amides is 1. The molecule has 29 heavy (non-hydrogen) atoms. The topological polar surface area (TPSA) is 51.5 Å². The highest BCUT2D eigenvalue weighted by molar-refractivity contribution is 5.92. The number of ether oxygens (including phenoxy) is 1. The van der Waals surface area contributed by atoms with Crippen LogP contribution in [0.15, 0.2) is 67.0 Å². The van der Waals surface area contributed by atoms with Gasteiger partial charge in [0.05, 0.1) is 5.56 Å². The lowest BCUT2D eigenvalue weighted by atomic mass is 10.1. The fraction of sp³-hybridized carbons (Fsp3) is 0.217. The summed E-state index contributed by atoms with van der Waals surface area (Å²) in [6.07, 6.45) is 2.83. The predicted octanol–water partition coefficient (Wildman–Crippen LogP) is 4.13. The molecule has 0 saturated heterocycles. The molecule has 2 aromatic carbocycles. The zero-order valence-electron chi connectivity index (χ0n) is 16.6. The maximum atomic E-state index is 13.3. The first-order valence-electron chi connectivity index (χ1n) is 9.29. The van der Waals surface area contributed by atoms with Crippen molar-refractivity contribution in [3.63, 3.8) is 0 Å². The van der Waals surface area contributed by atoms with Gasteiger partial charge in [-0.3, -0.25) is 4.79 Å². The summed E-state index contributed by atoms with van der Waals surface area (Å²) < 4.78 is 20.6. The maximum absolute atomic E-state index is 13.3. The van der Waals surface area contributed by atoms with Crippen LogP contribution >= 0.6 is 0 Å². The molecule has 1 heterocycles. The number of carbonyl (C=O) groups excluding carboxylic acids is 2. The first-order chi connectivity index (χ1) is 13.8. The number of halogens is 1. The summed E-state index contributed by atoms with van der Waals surface area (Å²) in [7, 11) is 1.59. The summed E-state index contributed by atoms with van der Waals surface area (Å²) in [5, 5.41) is 0. The number of esters is 1. The highest BCUT2D eigenvalue weighted by atomic mass is 19.1. The van der Waals surface area contributed by atoms with Gasteiger partial charge in [-0.05, 0) is 61.4 Å². The minimum atomic E-state index is -0.961. The summed E-state index contributed by atoms with van der Waals surface area (Å²) in [5.74, 6) is -1.29. The first-order valence-corrected chi connectivity index (χ1v) is 9.29. The van der Waals surface area contributed by atoms with Gasteiger partial charge in [-0.1, -0.05) is 18.2 Å². The second kappa shape index (κ2) is 8.73. The van der Waals surface area contributed by atoms with Crippen molar-refractivity contribution in [2.45, 2.75) is 26.5 Å². The number of likely N-dealkylation sites (N-methyl/N-ethyl adjacent to an activating group) is 1. The van der Waals surface area contributed by atoms with Crippen LogP contribution in [0.5, 0.6) is 0 Å². The lowest BCUT2D eigenvalue weighted by Gasteiger charge is -2.22. The van der Waals surface area contributed by atoms with Crippen LogP contribution in [0.25, 0.3) is 5.69 Å². The first kappa shape index (κ1) is 20.3. The zero-order valence-corrected chi connectivity index (χ0v) is 16.6. The van der Waals surface area contributed by atoms with Gasteiger partial charge in [0.2, 0.25) is 0 Å². The number of hydrogen-bond acceptors (Lipinski definition) is 3. The van der Waals surface area contributed by atoms with Gasteiger partial charge >= 0.3 is 5.97 Å². The lowest BCUT2D eigenvalue weighted by Crippen LogP contribution is -2.37. The highest BCUT2D eigenvalue weighted by Crippen LogP contribution is 2.18. The van der Waals surface area contributed by atoms with Crippen molar-refractivity contribution >= 4 is 11.9 Å². The second-order valence-corrected chi connectivity index (χ2v) is 6.96. The van der Waals surface area contributed by atoms with Crippen molar-refractivity contribution in [3.8, 4) is 5.69 Å². The third kappa shape index (κ3) is 4.90. The Morgan fingerprint density at radius 2 is 1.83 bits per heavy atom. The van der Waals surface area contributed by atoms with Crippen molar-refractivity contribution in [1.82, 2.24) is 9.47 Å². The largest absolute Gasteiger partial charge is 0.449 e. The van der Waals surface area contributed by atoms with Crippen LogP contribution < -0.4 is 0 Å². The van der Waals surface area contributed by atoms with Crippen LogP contribution in [0, 0.1) is 12.7 Å². The van der Waals surface area contributed by atoms with E-state index in [1.165, 1.54) is 24.0 Å². The molecule has 0 spiro atoms. The molecule has 1 unspecified atom stereocenters. The molecule has 0 aliphatic heterocycles. The number of aryl methyl sites for hydroxylation is 1. The Hall–Kier alpha value is -3.41. The average Bonchev–Trinajstić information content (AvgIpc) is 3.22. The molecule has 0 fully saturated rings. The average molecular weight is 394 g/mol. The van der Waals surface area contributed by atoms with Crippen LogP contribution in [0.1, 0.15) is 28.4 Å². The minimum absolute atomic E-state index is 0.223. The third-order valence-corrected chi connectivity index (χ3v) is 4.64. The standard InChI is InChI=1S/C23H23FN2O3/c1-16-9-10-19(14-21(16)26-11-4-5-12-26)23(28)29-17(2)22(27)25(3)15-18-7-6-8-20(24)13-18/h4-14,17H,15H2,1-3H3. The van der Waals surface area contributed by atoms with E-state index >= 15 is 0 Å². The number of benzene rings is 2. The van der Waals surface area contributed by atoms with Gasteiger partial charge in [0.15, 0.2) is 6.10 Å². The number of rotatable bonds is 6. The third-order valence-electron chi connectivity index (χ3n) is 4.64. The molecule has 6 heteroatoms. The summed E-state index contributed by atoms with van der Waals surface area (Å²) in [6, 6.07) is 15.1. The Balaban J connectivity index is 1.67. The van der Waals surface area contributed by atoms with E-state index in [2.05, 4.69) is 0 Å². The van der Waals surface area contributed by atoms with E-state index in [1.807, 2.05) is 42.1 Å².